The first-order valence-electron chi connectivity index (χ1n) is 13.3. The summed E-state index contributed by atoms with van der Waals surface area (Å²) in [5, 5.41) is 3.14. The number of nitrogens with zero attached hydrogens (tertiary/aromatic N) is 2. The SMILES string of the molecule is CC(=O)N1CCC(N(CC(C)C)C(=O)c2cccc(C)c2)C[C@@H]1C(=O)NCC1CCC(CN)CC1. The molecule has 2 aliphatic rings. The molecule has 0 bridgehead atoms. The molecule has 3 N–H and O–H groups in total. The predicted molar refractivity (Wildman–Crippen MR) is 139 cm³/mol. The molecule has 1 aliphatic heterocycles. The van der Waals surface area contributed by atoms with Gasteiger partial charge in [0.05, 0.1) is 0 Å². The maximum Gasteiger partial charge on any atom is 0.254 e. The Morgan fingerprint density at radius 3 is 2.40 bits per heavy atom. The highest BCUT2D eigenvalue weighted by Crippen LogP contribution is 2.28. The second kappa shape index (κ2) is 12.5. The van der Waals surface area contributed by atoms with Gasteiger partial charge in [-0.05, 0) is 81.9 Å². The topological polar surface area (TPSA) is 95.7 Å². The zero-order chi connectivity index (χ0) is 25.5. The summed E-state index contributed by atoms with van der Waals surface area (Å²) in [7, 11) is 0. The van der Waals surface area contributed by atoms with Crippen LogP contribution in [0.4, 0.5) is 0 Å². The number of piperidine rings is 1. The summed E-state index contributed by atoms with van der Waals surface area (Å²) in [4.78, 5) is 42.9. The van der Waals surface area contributed by atoms with Crippen molar-refractivity contribution in [3.8, 4) is 0 Å². The summed E-state index contributed by atoms with van der Waals surface area (Å²) in [6.07, 6.45) is 5.55. The summed E-state index contributed by atoms with van der Waals surface area (Å²) >= 11 is 0. The van der Waals surface area contributed by atoms with Crippen LogP contribution in [-0.4, -0.2) is 65.8 Å². The molecular weight excluding hydrogens is 440 g/mol. The Morgan fingerprint density at radius 2 is 1.80 bits per heavy atom. The fourth-order valence-corrected chi connectivity index (χ4v) is 5.62. The lowest BCUT2D eigenvalue weighted by molar-refractivity contribution is -0.142. The Morgan fingerprint density at radius 1 is 1.11 bits per heavy atom. The van der Waals surface area contributed by atoms with E-state index in [1.165, 1.54) is 6.92 Å². The third-order valence-corrected chi connectivity index (χ3v) is 7.68. The number of hydrogen-bond donors (Lipinski definition) is 2. The number of rotatable bonds is 8. The van der Waals surface area contributed by atoms with Crippen LogP contribution < -0.4 is 11.1 Å². The fraction of sp³-hybridized carbons (Fsp3) is 0.679. The first kappa shape index (κ1) is 27.2. The van der Waals surface area contributed by atoms with Crippen LogP contribution in [0.3, 0.4) is 0 Å². The lowest BCUT2D eigenvalue weighted by atomic mass is 9.82. The van der Waals surface area contributed by atoms with Gasteiger partial charge < -0.3 is 20.9 Å². The van der Waals surface area contributed by atoms with Gasteiger partial charge in [0.1, 0.15) is 6.04 Å². The quantitative estimate of drug-likeness (QED) is 0.591. The smallest absolute Gasteiger partial charge is 0.254 e. The van der Waals surface area contributed by atoms with Crippen molar-refractivity contribution in [2.24, 2.45) is 23.5 Å². The van der Waals surface area contributed by atoms with Gasteiger partial charge in [0.25, 0.3) is 5.91 Å². The highest BCUT2D eigenvalue weighted by atomic mass is 16.2. The van der Waals surface area contributed by atoms with Gasteiger partial charge in [-0.25, -0.2) is 0 Å². The molecule has 1 saturated carbocycles. The first-order valence-corrected chi connectivity index (χ1v) is 13.3. The van der Waals surface area contributed by atoms with Crippen molar-refractivity contribution in [2.75, 3.05) is 26.2 Å². The van der Waals surface area contributed by atoms with Crippen LogP contribution >= 0.6 is 0 Å². The number of nitrogens with one attached hydrogen (secondary N) is 1. The molecule has 1 unspecified atom stereocenters. The Kier molecular flexibility index (Phi) is 9.72. The molecule has 7 nitrogen and oxygen atoms in total. The van der Waals surface area contributed by atoms with Gasteiger partial charge >= 0.3 is 0 Å². The molecular formula is C28H44N4O3. The average Bonchev–Trinajstić information content (AvgIpc) is 2.85. The number of carbonyl (C=O) groups excluding carboxylic acids is 3. The van der Waals surface area contributed by atoms with E-state index in [4.69, 9.17) is 5.73 Å². The van der Waals surface area contributed by atoms with Gasteiger partial charge in [-0.15, -0.1) is 0 Å². The lowest BCUT2D eigenvalue weighted by Gasteiger charge is -2.43. The molecule has 2 fully saturated rings. The van der Waals surface area contributed by atoms with Crippen molar-refractivity contribution < 1.29 is 14.4 Å². The van der Waals surface area contributed by atoms with E-state index in [0.717, 1.165) is 37.8 Å². The lowest BCUT2D eigenvalue weighted by Crippen LogP contribution is -2.58. The Bertz CT molecular complexity index is 879. The van der Waals surface area contributed by atoms with Crippen LogP contribution in [0.15, 0.2) is 24.3 Å². The van der Waals surface area contributed by atoms with Crippen LogP contribution in [0.1, 0.15) is 75.2 Å². The molecule has 1 heterocycles. The van der Waals surface area contributed by atoms with Gasteiger partial charge in [0.2, 0.25) is 11.8 Å². The van der Waals surface area contributed by atoms with E-state index in [0.29, 0.717) is 55.8 Å². The van der Waals surface area contributed by atoms with Crippen LogP contribution in [0, 0.1) is 24.7 Å². The molecule has 35 heavy (non-hydrogen) atoms. The molecule has 194 valence electrons. The van der Waals surface area contributed by atoms with Crippen molar-refractivity contribution in [3.63, 3.8) is 0 Å². The maximum atomic E-state index is 13.5. The molecule has 1 aliphatic carbocycles. The van der Waals surface area contributed by atoms with Crippen LogP contribution in [0.5, 0.6) is 0 Å². The van der Waals surface area contributed by atoms with Gasteiger partial charge in [0, 0.05) is 38.2 Å². The van der Waals surface area contributed by atoms with Crippen molar-refractivity contribution in [2.45, 2.75) is 78.3 Å². The molecule has 1 aromatic carbocycles. The Balaban J connectivity index is 1.71. The van der Waals surface area contributed by atoms with E-state index < -0.39 is 6.04 Å². The molecule has 1 aromatic rings. The van der Waals surface area contributed by atoms with E-state index in [-0.39, 0.29) is 23.8 Å². The number of likely N-dealkylation sites (tertiary alicyclic amines) is 1. The highest BCUT2D eigenvalue weighted by Gasteiger charge is 2.39. The predicted octanol–water partition coefficient (Wildman–Crippen LogP) is 3.35. The fourth-order valence-electron chi connectivity index (χ4n) is 5.62. The standard InChI is InChI=1S/C28H44N4O3/c1-19(2)18-32(28(35)24-7-5-6-20(3)14-24)25-12-13-31(21(4)33)26(15-25)27(34)30-17-23-10-8-22(16-29)9-11-23/h5-7,14,19,22-23,25-26H,8-13,15-18,29H2,1-4H3,(H,30,34)/t22?,23?,25?,26-/m1/s1. The van der Waals surface area contributed by atoms with E-state index in [1.54, 1.807) is 4.90 Å². The Hall–Kier alpha value is -2.41. The van der Waals surface area contributed by atoms with Crippen molar-refractivity contribution in [1.29, 1.82) is 0 Å². The molecule has 3 amide bonds. The third kappa shape index (κ3) is 7.29. The minimum Gasteiger partial charge on any atom is -0.354 e. The summed E-state index contributed by atoms with van der Waals surface area (Å²) in [6, 6.07) is 7.04. The molecule has 1 saturated heterocycles. The van der Waals surface area contributed by atoms with Crippen molar-refractivity contribution in [3.05, 3.63) is 35.4 Å². The van der Waals surface area contributed by atoms with Crippen LogP contribution in [0.25, 0.3) is 0 Å². The third-order valence-electron chi connectivity index (χ3n) is 7.68. The monoisotopic (exact) mass is 484 g/mol. The second-order valence-corrected chi connectivity index (χ2v) is 11.0. The molecule has 3 rings (SSSR count). The summed E-state index contributed by atoms with van der Waals surface area (Å²) in [5.41, 5.74) is 7.53. The first-order chi connectivity index (χ1) is 16.7. The van der Waals surface area contributed by atoms with Gasteiger partial charge in [-0.1, -0.05) is 31.5 Å². The van der Waals surface area contributed by atoms with E-state index in [2.05, 4.69) is 19.2 Å². The van der Waals surface area contributed by atoms with Gasteiger partial charge in [0.15, 0.2) is 0 Å². The number of nitrogens with two attached hydrogens (primary N) is 1. The minimum absolute atomic E-state index is 0.000466. The van der Waals surface area contributed by atoms with Crippen molar-refractivity contribution in [1.82, 2.24) is 15.1 Å². The number of aryl methyl sites for hydroxylation is 1. The summed E-state index contributed by atoms with van der Waals surface area (Å²) < 4.78 is 0. The normalized spacial score (nSPS) is 24.8. The number of carbonyl (C=O) groups is 3. The van der Waals surface area contributed by atoms with E-state index in [1.807, 2.05) is 36.1 Å². The molecule has 7 heteroatoms. The zero-order valence-corrected chi connectivity index (χ0v) is 22.0. The number of amides is 3. The summed E-state index contributed by atoms with van der Waals surface area (Å²) in [6.45, 7) is 10.2. The second-order valence-electron chi connectivity index (χ2n) is 11.0. The van der Waals surface area contributed by atoms with Gasteiger partial charge in [-0.2, -0.15) is 0 Å². The maximum absolute atomic E-state index is 13.5. The van der Waals surface area contributed by atoms with Crippen LogP contribution in [0.2, 0.25) is 0 Å². The molecule has 0 radical (unpaired) electrons. The Labute approximate surface area is 210 Å². The average molecular weight is 485 g/mol. The largest absolute Gasteiger partial charge is 0.354 e. The van der Waals surface area contributed by atoms with Crippen molar-refractivity contribution >= 4 is 17.7 Å². The molecule has 0 aromatic heterocycles. The number of benzene rings is 1. The highest BCUT2D eigenvalue weighted by molar-refractivity contribution is 5.95. The van der Waals surface area contributed by atoms with Crippen LogP contribution in [-0.2, 0) is 9.59 Å². The zero-order valence-electron chi connectivity index (χ0n) is 22.0. The van der Waals surface area contributed by atoms with E-state index in [9.17, 15) is 14.4 Å². The molecule has 0 spiro atoms. The summed E-state index contributed by atoms with van der Waals surface area (Å²) in [5.74, 6) is 1.18. The minimum atomic E-state index is -0.549. The molecule has 2 atom stereocenters. The van der Waals surface area contributed by atoms with E-state index >= 15 is 0 Å². The van der Waals surface area contributed by atoms with Gasteiger partial charge in [-0.3, -0.25) is 14.4 Å². The number of hydrogen-bond acceptors (Lipinski definition) is 4.